The highest BCUT2D eigenvalue weighted by Gasteiger charge is 2.14. The number of ether oxygens (including phenoxy) is 1. The normalized spacial score (nSPS) is 10.8. The summed E-state index contributed by atoms with van der Waals surface area (Å²) in [6.07, 6.45) is 1.56. The standard InChI is InChI=1S/C24H17ClF3N3O2/c25-20-13-31(12-15-4-6-18(26)7-5-15)30-23(20)29-24(32)17-3-1-2-16(10-17)14-33-22-9-8-19(27)11-21(22)28/h1-11,13H,12,14H2,(H,29,30,32). The molecule has 33 heavy (non-hydrogen) atoms. The van der Waals surface area contributed by atoms with E-state index >= 15 is 0 Å². The molecule has 1 aromatic heterocycles. The molecular weight excluding hydrogens is 455 g/mol. The van der Waals surface area contributed by atoms with Gasteiger partial charge in [0.2, 0.25) is 0 Å². The molecule has 0 aliphatic heterocycles. The van der Waals surface area contributed by atoms with E-state index in [-0.39, 0.29) is 29.0 Å². The van der Waals surface area contributed by atoms with Crippen LogP contribution in [0.3, 0.4) is 0 Å². The van der Waals surface area contributed by atoms with Gasteiger partial charge in [-0.1, -0.05) is 35.9 Å². The lowest BCUT2D eigenvalue weighted by atomic mass is 10.1. The van der Waals surface area contributed by atoms with Gasteiger partial charge in [0.1, 0.15) is 23.3 Å². The molecule has 0 spiro atoms. The molecule has 5 nitrogen and oxygen atoms in total. The SMILES string of the molecule is O=C(Nc1nn(Cc2ccc(F)cc2)cc1Cl)c1cccc(COc2ccc(F)cc2F)c1. The maximum atomic E-state index is 13.7. The summed E-state index contributed by atoms with van der Waals surface area (Å²) in [4.78, 5) is 12.7. The molecule has 0 saturated heterocycles. The number of aromatic nitrogens is 2. The fourth-order valence-corrected chi connectivity index (χ4v) is 3.27. The van der Waals surface area contributed by atoms with Gasteiger partial charge in [-0.25, -0.2) is 13.2 Å². The zero-order valence-corrected chi connectivity index (χ0v) is 17.8. The summed E-state index contributed by atoms with van der Waals surface area (Å²) in [6.45, 7) is 0.333. The molecule has 0 fully saturated rings. The van der Waals surface area contributed by atoms with Gasteiger partial charge in [-0.3, -0.25) is 9.48 Å². The highest BCUT2D eigenvalue weighted by atomic mass is 35.5. The number of carbonyl (C=O) groups is 1. The summed E-state index contributed by atoms with van der Waals surface area (Å²) < 4.78 is 46.7. The summed E-state index contributed by atoms with van der Waals surface area (Å²) in [5.74, 6) is -2.20. The largest absolute Gasteiger partial charge is 0.486 e. The van der Waals surface area contributed by atoms with Crippen LogP contribution in [0.5, 0.6) is 5.75 Å². The Morgan fingerprint density at radius 2 is 1.73 bits per heavy atom. The van der Waals surface area contributed by atoms with Crippen LogP contribution in [0.4, 0.5) is 19.0 Å². The van der Waals surface area contributed by atoms with Gasteiger partial charge in [0.05, 0.1) is 6.54 Å². The fraction of sp³-hybridized carbons (Fsp3) is 0.0833. The van der Waals surface area contributed by atoms with E-state index in [1.54, 1.807) is 42.6 Å². The summed E-state index contributed by atoms with van der Waals surface area (Å²) in [5.41, 5.74) is 1.75. The number of benzene rings is 3. The maximum absolute atomic E-state index is 13.7. The minimum Gasteiger partial charge on any atom is -0.486 e. The van der Waals surface area contributed by atoms with Crippen LogP contribution in [0.15, 0.2) is 72.9 Å². The van der Waals surface area contributed by atoms with Crippen molar-refractivity contribution in [1.82, 2.24) is 9.78 Å². The van der Waals surface area contributed by atoms with Gasteiger partial charge in [-0.05, 0) is 47.5 Å². The summed E-state index contributed by atoms with van der Waals surface area (Å²) in [6, 6.07) is 15.6. The smallest absolute Gasteiger partial charge is 0.256 e. The van der Waals surface area contributed by atoms with Gasteiger partial charge >= 0.3 is 0 Å². The average molecular weight is 472 g/mol. The summed E-state index contributed by atoms with van der Waals surface area (Å²) in [5, 5.41) is 7.17. The predicted molar refractivity (Wildman–Crippen MR) is 118 cm³/mol. The second-order valence-corrected chi connectivity index (χ2v) is 7.57. The lowest BCUT2D eigenvalue weighted by Gasteiger charge is -2.09. The molecule has 168 valence electrons. The highest BCUT2D eigenvalue weighted by molar-refractivity contribution is 6.33. The van der Waals surface area contributed by atoms with Crippen LogP contribution in [-0.4, -0.2) is 15.7 Å². The monoisotopic (exact) mass is 471 g/mol. The first kappa shape index (κ1) is 22.4. The Hall–Kier alpha value is -3.78. The molecule has 3 aromatic carbocycles. The molecular formula is C24H17ClF3N3O2. The second-order valence-electron chi connectivity index (χ2n) is 7.17. The van der Waals surface area contributed by atoms with Gasteiger partial charge < -0.3 is 10.1 Å². The van der Waals surface area contributed by atoms with Crippen LogP contribution in [0.25, 0.3) is 0 Å². The van der Waals surface area contributed by atoms with Crippen molar-refractivity contribution in [2.75, 3.05) is 5.32 Å². The first-order valence-corrected chi connectivity index (χ1v) is 10.2. The van der Waals surface area contributed by atoms with Crippen molar-refractivity contribution in [1.29, 1.82) is 0 Å². The van der Waals surface area contributed by atoms with E-state index in [9.17, 15) is 18.0 Å². The maximum Gasteiger partial charge on any atom is 0.256 e. The van der Waals surface area contributed by atoms with E-state index in [2.05, 4.69) is 10.4 Å². The van der Waals surface area contributed by atoms with E-state index in [0.29, 0.717) is 17.7 Å². The number of hydrogen-bond donors (Lipinski definition) is 1. The first-order valence-electron chi connectivity index (χ1n) is 9.83. The molecule has 0 aliphatic carbocycles. The van der Waals surface area contributed by atoms with Crippen molar-refractivity contribution < 1.29 is 22.7 Å². The fourth-order valence-electron chi connectivity index (χ4n) is 3.08. The van der Waals surface area contributed by atoms with Crippen molar-refractivity contribution in [3.63, 3.8) is 0 Å². The number of carbonyl (C=O) groups excluding carboxylic acids is 1. The van der Waals surface area contributed by atoms with Gasteiger partial charge in [0, 0.05) is 17.8 Å². The Labute approximate surface area is 192 Å². The third kappa shape index (κ3) is 5.72. The lowest BCUT2D eigenvalue weighted by Crippen LogP contribution is -2.13. The summed E-state index contributed by atoms with van der Waals surface area (Å²) >= 11 is 6.20. The molecule has 1 heterocycles. The minimum atomic E-state index is -0.810. The second kappa shape index (κ2) is 9.79. The summed E-state index contributed by atoms with van der Waals surface area (Å²) in [7, 11) is 0. The number of amides is 1. The molecule has 4 aromatic rings. The Balaban J connectivity index is 1.41. The molecule has 1 N–H and O–H groups in total. The van der Waals surface area contributed by atoms with E-state index in [4.69, 9.17) is 16.3 Å². The molecule has 9 heteroatoms. The molecule has 1 amide bonds. The third-order valence-corrected chi connectivity index (χ3v) is 4.96. The van der Waals surface area contributed by atoms with Crippen molar-refractivity contribution in [3.8, 4) is 5.75 Å². The lowest BCUT2D eigenvalue weighted by molar-refractivity contribution is 0.102. The van der Waals surface area contributed by atoms with Gasteiger partial charge in [-0.15, -0.1) is 0 Å². The third-order valence-electron chi connectivity index (χ3n) is 4.68. The van der Waals surface area contributed by atoms with E-state index in [1.807, 2.05) is 0 Å². The quantitative estimate of drug-likeness (QED) is 0.369. The zero-order chi connectivity index (χ0) is 23.4. The van der Waals surface area contributed by atoms with Gasteiger partial charge in [0.25, 0.3) is 5.91 Å². The molecule has 0 atom stereocenters. The Bertz CT molecular complexity index is 1290. The van der Waals surface area contributed by atoms with Crippen molar-refractivity contribution >= 4 is 23.3 Å². The van der Waals surface area contributed by atoms with Crippen LogP contribution in [0, 0.1) is 17.5 Å². The van der Waals surface area contributed by atoms with E-state index < -0.39 is 17.5 Å². The number of hydrogen-bond acceptors (Lipinski definition) is 3. The van der Waals surface area contributed by atoms with E-state index in [1.165, 1.54) is 22.9 Å². The zero-order valence-electron chi connectivity index (χ0n) is 17.1. The molecule has 0 unspecified atom stereocenters. The Morgan fingerprint density at radius 1 is 0.970 bits per heavy atom. The highest BCUT2D eigenvalue weighted by Crippen LogP contribution is 2.22. The van der Waals surface area contributed by atoms with Crippen molar-refractivity contribution in [3.05, 3.63) is 112 Å². The molecule has 0 saturated carbocycles. The Morgan fingerprint density at radius 3 is 2.48 bits per heavy atom. The Kier molecular flexibility index (Phi) is 6.65. The van der Waals surface area contributed by atoms with Crippen LogP contribution in [0.2, 0.25) is 5.02 Å². The van der Waals surface area contributed by atoms with E-state index in [0.717, 1.165) is 17.7 Å². The molecule has 0 radical (unpaired) electrons. The number of rotatable bonds is 7. The minimum absolute atomic E-state index is 0.0171. The molecule has 0 bridgehead atoms. The van der Waals surface area contributed by atoms with Gasteiger partial charge in [0.15, 0.2) is 17.4 Å². The number of halogens is 4. The van der Waals surface area contributed by atoms with Crippen LogP contribution in [-0.2, 0) is 13.2 Å². The van der Waals surface area contributed by atoms with Gasteiger partial charge in [-0.2, -0.15) is 5.10 Å². The number of anilines is 1. The predicted octanol–water partition coefficient (Wildman–Crippen LogP) is 5.83. The topological polar surface area (TPSA) is 56.2 Å². The molecule has 4 rings (SSSR count). The van der Waals surface area contributed by atoms with Crippen LogP contribution in [0.1, 0.15) is 21.5 Å². The van der Waals surface area contributed by atoms with Crippen molar-refractivity contribution in [2.45, 2.75) is 13.2 Å². The molecule has 0 aliphatic rings. The van der Waals surface area contributed by atoms with Crippen molar-refractivity contribution in [2.24, 2.45) is 0 Å². The number of nitrogens with zero attached hydrogens (tertiary/aromatic N) is 2. The van der Waals surface area contributed by atoms with Crippen LogP contribution >= 0.6 is 11.6 Å². The average Bonchev–Trinajstić information content (AvgIpc) is 3.13. The van der Waals surface area contributed by atoms with Crippen LogP contribution < -0.4 is 10.1 Å². The first-order chi connectivity index (χ1) is 15.9. The number of nitrogens with one attached hydrogen (secondary N) is 1.